The first-order chi connectivity index (χ1) is 9.40. The monoisotopic (exact) mass is 246 g/mol. The average molecular weight is 246 g/mol. The van der Waals surface area contributed by atoms with Gasteiger partial charge in [0.1, 0.15) is 5.76 Å². The van der Waals surface area contributed by atoms with Crippen molar-refractivity contribution < 1.29 is 4.42 Å². The first kappa shape index (κ1) is 11.5. The van der Waals surface area contributed by atoms with E-state index in [4.69, 9.17) is 4.42 Å². The van der Waals surface area contributed by atoms with E-state index in [0.717, 1.165) is 28.0 Å². The summed E-state index contributed by atoms with van der Waals surface area (Å²) >= 11 is 0. The lowest BCUT2D eigenvalue weighted by atomic mass is 9.97. The second-order valence-corrected chi connectivity index (χ2v) is 4.32. The molecule has 3 rings (SSSR count). The first-order valence-electron chi connectivity index (χ1n) is 6.25. The maximum Gasteiger partial charge on any atom is 0.134 e. The van der Waals surface area contributed by atoms with Crippen LogP contribution in [0.25, 0.3) is 28.3 Å². The molecule has 0 saturated carbocycles. The van der Waals surface area contributed by atoms with Gasteiger partial charge in [-0.25, -0.2) is 0 Å². The topological polar surface area (TPSA) is 13.1 Å². The van der Waals surface area contributed by atoms with Gasteiger partial charge in [0.25, 0.3) is 0 Å². The van der Waals surface area contributed by atoms with Crippen molar-refractivity contribution in [2.45, 2.75) is 0 Å². The lowest BCUT2D eigenvalue weighted by Crippen LogP contribution is -1.82. The molecule has 0 unspecified atom stereocenters. The first-order valence-corrected chi connectivity index (χ1v) is 6.25. The van der Waals surface area contributed by atoms with Crippen molar-refractivity contribution in [2.75, 3.05) is 0 Å². The van der Waals surface area contributed by atoms with Crippen molar-refractivity contribution in [3.05, 3.63) is 79.3 Å². The maximum atomic E-state index is 5.64. The third-order valence-electron chi connectivity index (χ3n) is 3.15. The Morgan fingerprint density at radius 2 is 1.37 bits per heavy atom. The van der Waals surface area contributed by atoms with Crippen LogP contribution in [0.3, 0.4) is 0 Å². The van der Waals surface area contributed by atoms with Gasteiger partial charge in [0, 0.05) is 11.1 Å². The lowest BCUT2D eigenvalue weighted by molar-refractivity contribution is 0.559. The van der Waals surface area contributed by atoms with Crippen LogP contribution < -0.4 is 0 Å². The average Bonchev–Trinajstić information content (AvgIpc) is 2.93. The van der Waals surface area contributed by atoms with Gasteiger partial charge in [-0.15, -0.1) is 0 Å². The van der Waals surface area contributed by atoms with Crippen LogP contribution in [0.15, 0.2) is 77.9 Å². The van der Waals surface area contributed by atoms with Crippen molar-refractivity contribution in [2.24, 2.45) is 0 Å². The van der Waals surface area contributed by atoms with Crippen LogP contribution in [0.2, 0.25) is 0 Å². The zero-order valence-electron chi connectivity index (χ0n) is 10.5. The largest absolute Gasteiger partial charge is 0.464 e. The Balaban J connectivity index is 2.23. The summed E-state index contributed by atoms with van der Waals surface area (Å²) in [6, 6.07) is 20.5. The molecule has 19 heavy (non-hydrogen) atoms. The Bertz CT molecular complexity index is 678. The Labute approximate surface area is 112 Å². The van der Waals surface area contributed by atoms with Crippen LogP contribution in [0.5, 0.6) is 0 Å². The Kier molecular flexibility index (Phi) is 3.03. The summed E-state index contributed by atoms with van der Waals surface area (Å²) in [5.74, 6) is 0.810. The summed E-state index contributed by atoms with van der Waals surface area (Å²) in [5.41, 5.74) is 4.49. The molecule has 0 radical (unpaired) electrons. The zero-order chi connectivity index (χ0) is 13.1. The van der Waals surface area contributed by atoms with Gasteiger partial charge in [0.05, 0.1) is 6.26 Å². The number of hydrogen-bond acceptors (Lipinski definition) is 1. The van der Waals surface area contributed by atoms with Crippen LogP contribution in [-0.2, 0) is 0 Å². The molecule has 92 valence electrons. The molecular weight excluding hydrogens is 232 g/mol. The van der Waals surface area contributed by atoms with Crippen molar-refractivity contribution in [1.82, 2.24) is 0 Å². The molecule has 1 aromatic heterocycles. The summed E-state index contributed by atoms with van der Waals surface area (Å²) in [4.78, 5) is 0. The van der Waals surface area contributed by atoms with Crippen molar-refractivity contribution in [3.63, 3.8) is 0 Å². The van der Waals surface area contributed by atoms with Crippen molar-refractivity contribution in [1.29, 1.82) is 0 Å². The van der Waals surface area contributed by atoms with E-state index in [1.807, 2.05) is 36.4 Å². The number of hydrogen-bond donors (Lipinski definition) is 0. The van der Waals surface area contributed by atoms with Gasteiger partial charge >= 0.3 is 0 Å². The van der Waals surface area contributed by atoms with E-state index in [-0.39, 0.29) is 0 Å². The lowest BCUT2D eigenvalue weighted by Gasteiger charge is -2.04. The zero-order valence-corrected chi connectivity index (χ0v) is 10.5. The molecule has 0 N–H and O–H groups in total. The quantitative estimate of drug-likeness (QED) is 0.614. The van der Waals surface area contributed by atoms with Crippen LogP contribution in [0.4, 0.5) is 0 Å². The highest BCUT2D eigenvalue weighted by Crippen LogP contribution is 2.36. The van der Waals surface area contributed by atoms with Gasteiger partial charge in [-0.05, 0) is 17.2 Å². The molecule has 0 saturated heterocycles. The third kappa shape index (κ3) is 2.11. The van der Waals surface area contributed by atoms with Crippen molar-refractivity contribution in [3.8, 4) is 22.3 Å². The number of rotatable bonds is 3. The summed E-state index contributed by atoms with van der Waals surface area (Å²) in [6.07, 6.45) is 3.56. The van der Waals surface area contributed by atoms with E-state index in [1.165, 1.54) is 0 Å². The number of furan rings is 1. The van der Waals surface area contributed by atoms with Gasteiger partial charge in [0.15, 0.2) is 0 Å². The molecule has 0 aliphatic heterocycles. The molecule has 0 bridgehead atoms. The van der Waals surface area contributed by atoms with Crippen molar-refractivity contribution >= 4 is 6.08 Å². The molecule has 0 atom stereocenters. The minimum absolute atomic E-state index is 0.810. The highest BCUT2D eigenvalue weighted by atomic mass is 16.3. The summed E-state index contributed by atoms with van der Waals surface area (Å²) < 4.78 is 5.64. The third-order valence-corrected chi connectivity index (χ3v) is 3.15. The fraction of sp³-hybridized carbons (Fsp3) is 0. The molecule has 1 nitrogen and oxygen atoms in total. The van der Waals surface area contributed by atoms with E-state index in [2.05, 4.69) is 30.8 Å². The second kappa shape index (κ2) is 4.99. The Hall–Kier alpha value is -2.54. The molecule has 0 fully saturated rings. The van der Waals surface area contributed by atoms with E-state index >= 15 is 0 Å². The van der Waals surface area contributed by atoms with E-state index < -0.39 is 0 Å². The summed E-state index contributed by atoms with van der Waals surface area (Å²) in [5, 5.41) is 0. The van der Waals surface area contributed by atoms with E-state index in [1.54, 1.807) is 12.3 Å². The molecule has 2 aromatic carbocycles. The fourth-order valence-corrected chi connectivity index (χ4v) is 2.26. The van der Waals surface area contributed by atoms with E-state index in [0.29, 0.717) is 0 Å². The Morgan fingerprint density at radius 3 is 1.95 bits per heavy atom. The van der Waals surface area contributed by atoms with E-state index in [9.17, 15) is 0 Å². The van der Waals surface area contributed by atoms with Crippen LogP contribution in [0, 0.1) is 0 Å². The smallest absolute Gasteiger partial charge is 0.134 e. The van der Waals surface area contributed by atoms with Gasteiger partial charge < -0.3 is 4.42 Å². The predicted molar refractivity (Wildman–Crippen MR) is 79.7 cm³/mol. The fourth-order valence-electron chi connectivity index (χ4n) is 2.26. The molecule has 0 spiro atoms. The molecule has 1 heteroatoms. The highest BCUT2D eigenvalue weighted by Gasteiger charge is 2.14. The Morgan fingerprint density at radius 1 is 0.789 bits per heavy atom. The standard InChI is InChI=1S/C18H14O/c1-2-17-18(15-11-7-4-8-12-15)16(13-19-17)14-9-5-3-6-10-14/h2-13H,1H2. The van der Waals surface area contributed by atoms with Gasteiger partial charge in [-0.3, -0.25) is 0 Å². The SMILES string of the molecule is C=Cc1occ(-c2ccccc2)c1-c1ccccc1. The highest BCUT2D eigenvalue weighted by molar-refractivity contribution is 5.87. The number of benzene rings is 2. The molecule has 0 aliphatic carbocycles. The predicted octanol–water partition coefficient (Wildman–Crippen LogP) is 5.26. The van der Waals surface area contributed by atoms with Crippen LogP contribution in [0.1, 0.15) is 5.76 Å². The molecule has 1 heterocycles. The van der Waals surface area contributed by atoms with Gasteiger partial charge in [-0.2, -0.15) is 0 Å². The van der Waals surface area contributed by atoms with Gasteiger partial charge in [0.2, 0.25) is 0 Å². The molecule has 0 amide bonds. The molecule has 0 aliphatic rings. The minimum atomic E-state index is 0.810. The maximum absolute atomic E-state index is 5.64. The normalized spacial score (nSPS) is 10.3. The molecule has 3 aromatic rings. The van der Waals surface area contributed by atoms with Gasteiger partial charge in [-0.1, -0.05) is 67.2 Å². The second-order valence-electron chi connectivity index (χ2n) is 4.32. The van der Waals surface area contributed by atoms with Crippen LogP contribution >= 0.6 is 0 Å². The summed E-state index contributed by atoms with van der Waals surface area (Å²) in [7, 11) is 0. The molecular formula is C18H14O. The van der Waals surface area contributed by atoms with Crippen LogP contribution in [-0.4, -0.2) is 0 Å². The minimum Gasteiger partial charge on any atom is -0.464 e. The summed E-state index contributed by atoms with van der Waals surface area (Å²) in [6.45, 7) is 3.83.